The van der Waals surface area contributed by atoms with Gasteiger partial charge in [-0.15, -0.1) is 0 Å². The Morgan fingerprint density at radius 1 is 1.50 bits per heavy atom. The standard InChI is InChI=1S/C10H17NO/c1-4-5-10(12)11-7-8(2)6-9(11)3/h4-5,8-9H,6-7H2,1-3H3/b5-4+. The Kier molecular flexibility index (Phi) is 2.90. The van der Waals surface area contributed by atoms with E-state index in [0.29, 0.717) is 12.0 Å². The van der Waals surface area contributed by atoms with Gasteiger partial charge < -0.3 is 4.90 Å². The van der Waals surface area contributed by atoms with Gasteiger partial charge in [0.25, 0.3) is 0 Å². The van der Waals surface area contributed by atoms with Crippen molar-refractivity contribution in [2.45, 2.75) is 33.2 Å². The molecule has 0 spiro atoms. The van der Waals surface area contributed by atoms with Crippen LogP contribution in [0.5, 0.6) is 0 Å². The largest absolute Gasteiger partial charge is 0.336 e. The van der Waals surface area contributed by atoms with E-state index in [2.05, 4.69) is 13.8 Å². The molecule has 0 bridgehead atoms. The van der Waals surface area contributed by atoms with Crippen molar-refractivity contribution in [1.29, 1.82) is 0 Å². The van der Waals surface area contributed by atoms with Gasteiger partial charge in [0.15, 0.2) is 0 Å². The van der Waals surface area contributed by atoms with Crippen molar-refractivity contribution in [3.63, 3.8) is 0 Å². The average molecular weight is 167 g/mol. The maximum atomic E-state index is 11.4. The number of nitrogens with zero attached hydrogens (tertiary/aromatic N) is 1. The smallest absolute Gasteiger partial charge is 0.246 e. The van der Waals surface area contributed by atoms with Crippen LogP contribution in [0.4, 0.5) is 0 Å². The van der Waals surface area contributed by atoms with Gasteiger partial charge in [-0.2, -0.15) is 0 Å². The summed E-state index contributed by atoms with van der Waals surface area (Å²) in [5, 5.41) is 0. The van der Waals surface area contributed by atoms with Gasteiger partial charge in [0.1, 0.15) is 0 Å². The van der Waals surface area contributed by atoms with Gasteiger partial charge in [-0.1, -0.05) is 13.0 Å². The molecule has 68 valence electrons. The fourth-order valence-corrected chi connectivity index (χ4v) is 1.85. The summed E-state index contributed by atoms with van der Waals surface area (Å²) in [5.41, 5.74) is 0. The fourth-order valence-electron chi connectivity index (χ4n) is 1.85. The van der Waals surface area contributed by atoms with Crippen molar-refractivity contribution in [2.75, 3.05) is 6.54 Å². The van der Waals surface area contributed by atoms with Gasteiger partial charge in [0.05, 0.1) is 0 Å². The second-order valence-corrected chi connectivity index (χ2v) is 3.68. The lowest BCUT2D eigenvalue weighted by atomic mass is 10.1. The SMILES string of the molecule is C/C=C/C(=O)N1CC(C)CC1C. The average Bonchev–Trinajstić information content (AvgIpc) is 2.30. The first-order chi connectivity index (χ1) is 5.65. The fraction of sp³-hybridized carbons (Fsp3) is 0.700. The molecule has 2 unspecified atom stereocenters. The summed E-state index contributed by atoms with van der Waals surface area (Å²) in [6.07, 6.45) is 4.59. The Balaban J connectivity index is 2.58. The van der Waals surface area contributed by atoms with Crippen LogP contribution in [0.25, 0.3) is 0 Å². The Hall–Kier alpha value is -0.790. The van der Waals surface area contributed by atoms with E-state index in [1.54, 1.807) is 12.2 Å². The van der Waals surface area contributed by atoms with Crippen LogP contribution in [0, 0.1) is 5.92 Å². The highest BCUT2D eigenvalue weighted by Gasteiger charge is 2.28. The summed E-state index contributed by atoms with van der Waals surface area (Å²) in [5.74, 6) is 0.823. The molecule has 2 atom stereocenters. The quantitative estimate of drug-likeness (QED) is 0.545. The van der Waals surface area contributed by atoms with Crippen molar-refractivity contribution < 1.29 is 4.79 Å². The zero-order valence-electron chi connectivity index (χ0n) is 8.08. The number of hydrogen-bond acceptors (Lipinski definition) is 1. The molecule has 1 fully saturated rings. The lowest BCUT2D eigenvalue weighted by molar-refractivity contribution is -0.126. The minimum absolute atomic E-state index is 0.161. The van der Waals surface area contributed by atoms with Gasteiger partial charge in [0.2, 0.25) is 5.91 Å². The Labute approximate surface area is 74.2 Å². The second-order valence-electron chi connectivity index (χ2n) is 3.68. The van der Waals surface area contributed by atoms with Crippen LogP contribution in [-0.4, -0.2) is 23.4 Å². The molecule has 1 saturated heterocycles. The first-order valence-electron chi connectivity index (χ1n) is 4.58. The summed E-state index contributed by atoms with van der Waals surface area (Å²) in [4.78, 5) is 13.4. The topological polar surface area (TPSA) is 20.3 Å². The number of carbonyl (C=O) groups is 1. The Morgan fingerprint density at radius 3 is 2.58 bits per heavy atom. The maximum Gasteiger partial charge on any atom is 0.246 e. The third kappa shape index (κ3) is 1.87. The highest BCUT2D eigenvalue weighted by Crippen LogP contribution is 2.22. The van der Waals surface area contributed by atoms with Gasteiger partial charge >= 0.3 is 0 Å². The van der Waals surface area contributed by atoms with Crippen LogP contribution >= 0.6 is 0 Å². The molecule has 2 nitrogen and oxygen atoms in total. The molecule has 1 aliphatic heterocycles. The summed E-state index contributed by atoms with van der Waals surface area (Å²) < 4.78 is 0. The molecule has 12 heavy (non-hydrogen) atoms. The minimum atomic E-state index is 0.161. The normalized spacial score (nSPS) is 30.1. The summed E-state index contributed by atoms with van der Waals surface area (Å²) in [6.45, 7) is 7.11. The zero-order chi connectivity index (χ0) is 9.14. The van der Waals surface area contributed by atoms with E-state index in [1.807, 2.05) is 11.8 Å². The third-order valence-corrected chi connectivity index (χ3v) is 2.38. The monoisotopic (exact) mass is 167 g/mol. The van der Waals surface area contributed by atoms with Crippen LogP contribution < -0.4 is 0 Å². The van der Waals surface area contributed by atoms with Crippen molar-refractivity contribution >= 4 is 5.91 Å². The summed E-state index contributed by atoms with van der Waals surface area (Å²) in [7, 11) is 0. The van der Waals surface area contributed by atoms with Gasteiger partial charge in [0, 0.05) is 12.6 Å². The van der Waals surface area contributed by atoms with Crippen molar-refractivity contribution in [1.82, 2.24) is 4.90 Å². The number of likely N-dealkylation sites (tertiary alicyclic amines) is 1. The second kappa shape index (κ2) is 3.74. The van der Waals surface area contributed by atoms with E-state index < -0.39 is 0 Å². The number of allylic oxidation sites excluding steroid dienone is 1. The molecular formula is C10H17NO. The molecule has 0 radical (unpaired) electrons. The van der Waals surface area contributed by atoms with E-state index in [0.717, 1.165) is 13.0 Å². The Morgan fingerprint density at radius 2 is 2.17 bits per heavy atom. The van der Waals surface area contributed by atoms with Crippen LogP contribution in [0.15, 0.2) is 12.2 Å². The first-order valence-corrected chi connectivity index (χ1v) is 4.58. The van der Waals surface area contributed by atoms with Gasteiger partial charge in [-0.25, -0.2) is 0 Å². The van der Waals surface area contributed by atoms with Crippen molar-refractivity contribution in [2.24, 2.45) is 5.92 Å². The molecule has 1 aliphatic rings. The predicted octanol–water partition coefficient (Wildman–Crippen LogP) is 1.82. The lowest BCUT2D eigenvalue weighted by Gasteiger charge is -2.19. The molecule has 0 aromatic heterocycles. The van der Waals surface area contributed by atoms with Crippen LogP contribution in [0.2, 0.25) is 0 Å². The van der Waals surface area contributed by atoms with Crippen LogP contribution in [0.1, 0.15) is 27.2 Å². The lowest BCUT2D eigenvalue weighted by Crippen LogP contribution is -2.32. The summed E-state index contributed by atoms with van der Waals surface area (Å²) in [6, 6.07) is 0.420. The molecule has 0 aromatic rings. The molecular weight excluding hydrogens is 150 g/mol. The molecule has 2 heteroatoms. The van der Waals surface area contributed by atoms with Crippen LogP contribution in [-0.2, 0) is 4.79 Å². The highest BCUT2D eigenvalue weighted by atomic mass is 16.2. The van der Waals surface area contributed by atoms with Crippen LogP contribution in [0.3, 0.4) is 0 Å². The van der Waals surface area contributed by atoms with E-state index >= 15 is 0 Å². The molecule has 0 aromatic carbocycles. The molecule has 0 N–H and O–H groups in total. The van der Waals surface area contributed by atoms with Crippen molar-refractivity contribution in [3.05, 3.63) is 12.2 Å². The minimum Gasteiger partial charge on any atom is -0.336 e. The molecule has 0 aliphatic carbocycles. The van der Waals surface area contributed by atoms with Gasteiger partial charge in [-0.3, -0.25) is 4.79 Å². The molecule has 0 saturated carbocycles. The van der Waals surface area contributed by atoms with E-state index in [1.165, 1.54) is 0 Å². The first kappa shape index (κ1) is 9.30. The summed E-state index contributed by atoms with van der Waals surface area (Å²) >= 11 is 0. The molecule has 1 amide bonds. The molecule has 1 heterocycles. The van der Waals surface area contributed by atoms with Crippen molar-refractivity contribution in [3.8, 4) is 0 Å². The molecule has 1 rings (SSSR count). The highest BCUT2D eigenvalue weighted by molar-refractivity contribution is 5.87. The van der Waals surface area contributed by atoms with E-state index in [-0.39, 0.29) is 5.91 Å². The predicted molar refractivity (Wildman–Crippen MR) is 49.8 cm³/mol. The third-order valence-electron chi connectivity index (χ3n) is 2.38. The zero-order valence-corrected chi connectivity index (χ0v) is 8.08. The maximum absolute atomic E-state index is 11.4. The number of rotatable bonds is 1. The Bertz CT molecular complexity index is 198. The van der Waals surface area contributed by atoms with E-state index in [9.17, 15) is 4.79 Å². The van der Waals surface area contributed by atoms with Gasteiger partial charge in [-0.05, 0) is 32.3 Å². The number of hydrogen-bond donors (Lipinski definition) is 0. The number of carbonyl (C=O) groups excluding carboxylic acids is 1. The van der Waals surface area contributed by atoms with E-state index in [4.69, 9.17) is 0 Å². The number of amides is 1.